The molecular formula is C6H16O3S3. The average molecular weight is 232 g/mol. The van der Waals surface area contributed by atoms with Crippen LogP contribution >= 0.6 is 37.9 Å². The van der Waals surface area contributed by atoms with Crippen LogP contribution in [-0.4, -0.2) is 51.4 Å². The SMILES string of the molecule is OCCS.O[C@@H](CS)[C@@H](O)CS. The van der Waals surface area contributed by atoms with E-state index in [1.807, 2.05) is 0 Å². The van der Waals surface area contributed by atoms with Gasteiger partial charge in [0.15, 0.2) is 0 Å². The molecule has 0 aromatic carbocycles. The summed E-state index contributed by atoms with van der Waals surface area (Å²) < 4.78 is 0. The summed E-state index contributed by atoms with van der Waals surface area (Å²) in [6, 6.07) is 0. The van der Waals surface area contributed by atoms with Gasteiger partial charge in [0, 0.05) is 17.3 Å². The molecule has 0 radical (unpaired) electrons. The van der Waals surface area contributed by atoms with Gasteiger partial charge in [-0.1, -0.05) is 0 Å². The van der Waals surface area contributed by atoms with Crippen LogP contribution in [-0.2, 0) is 0 Å². The van der Waals surface area contributed by atoms with Crippen LogP contribution in [0.3, 0.4) is 0 Å². The summed E-state index contributed by atoms with van der Waals surface area (Å²) in [4.78, 5) is 0. The fourth-order valence-corrected chi connectivity index (χ4v) is 0.730. The van der Waals surface area contributed by atoms with E-state index in [0.29, 0.717) is 5.75 Å². The third-order valence-corrected chi connectivity index (χ3v) is 1.87. The number of thiol groups is 3. The van der Waals surface area contributed by atoms with Crippen LogP contribution in [0.5, 0.6) is 0 Å². The zero-order valence-electron chi connectivity index (χ0n) is 6.67. The first-order valence-corrected chi connectivity index (χ1v) is 5.33. The van der Waals surface area contributed by atoms with E-state index in [-0.39, 0.29) is 18.1 Å². The minimum atomic E-state index is -0.740. The standard InChI is InChI=1S/C4H10O2S2.C2H6OS/c5-3(1-7)4(6)2-8;3-1-2-4/h3-8H,1-2H2;3-4H,1-2H2/t3-,4-;/m0./s1. The monoisotopic (exact) mass is 232 g/mol. The highest BCUT2D eigenvalue weighted by Gasteiger charge is 2.10. The lowest BCUT2D eigenvalue weighted by Gasteiger charge is -2.11. The van der Waals surface area contributed by atoms with Gasteiger partial charge in [-0.15, -0.1) is 0 Å². The molecule has 6 heteroatoms. The van der Waals surface area contributed by atoms with Gasteiger partial charge in [0.2, 0.25) is 0 Å². The third kappa shape index (κ3) is 10.9. The molecule has 0 aliphatic rings. The summed E-state index contributed by atoms with van der Waals surface area (Å²) in [6.45, 7) is 0.184. The molecule has 0 aromatic heterocycles. The Morgan fingerprint density at radius 2 is 1.17 bits per heavy atom. The summed E-state index contributed by atoms with van der Waals surface area (Å²) in [7, 11) is 0. The van der Waals surface area contributed by atoms with E-state index in [4.69, 9.17) is 15.3 Å². The highest BCUT2D eigenvalue weighted by atomic mass is 32.1. The lowest BCUT2D eigenvalue weighted by molar-refractivity contribution is 0.0504. The van der Waals surface area contributed by atoms with Gasteiger partial charge in [0.1, 0.15) is 0 Å². The molecule has 0 saturated heterocycles. The fraction of sp³-hybridized carbons (Fsp3) is 1.00. The molecule has 0 aromatic rings. The van der Waals surface area contributed by atoms with Crippen molar-refractivity contribution < 1.29 is 15.3 Å². The minimum absolute atomic E-state index is 0.184. The first-order valence-electron chi connectivity index (χ1n) is 3.43. The molecule has 0 heterocycles. The van der Waals surface area contributed by atoms with Crippen molar-refractivity contribution in [1.82, 2.24) is 0 Å². The largest absolute Gasteiger partial charge is 0.396 e. The maximum absolute atomic E-state index is 8.75. The van der Waals surface area contributed by atoms with Gasteiger partial charge in [-0.25, -0.2) is 0 Å². The van der Waals surface area contributed by atoms with Crippen LogP contribution in [0.2, 0.25) is 0 Å². The Morgan fingerprint density at radius 1 is 0.917 bits per heavy atom. The third-order valence-electron chi connectivity index (χ3n) is 0.918. The lowest BCUT2D eigenvalue weighted by Crippen LogP contribution is -2.28. The van der Waals surface area contributed by atoms with E-state index < -0.39 is 12.2 Å². The molecule has 76 valence electrons. The van der Waals surface area contributed by atoms with Crippen molar-refractivity contribution in [3.05, 3.63) is 0 Å². The molecule has 3 nitrogen and oxygen atoms in total. The van der Waals surface area contributed by atoms with Gasteiger partial charge >= 0.3 is 0 Å². The lowest BCUT2D eigenvalue weighted by atomic mass is 10.3. The van der Waals surface area contributed by atoms with Crippen molar-refractivity contribution in [1.29, 1.82) is 0 Å². The van der Waals surface area contributed by atoms with Crippen LogP contribution in [0.25, 0.3) is 0 Å². The summed E-state index contributed by atoms with van der Waals surface area (Å²) in [6.07, 6.45) is -1.48. The molecule has 0 rings (SSSR count). The summed E-state index contributed by atoms with van der Waals surface area (Å²) >= 11 is 11.2. The number of aliphatic hydroxyl groups excluding tert-OH is 3. The van der Waals surface area contributed by atoms with Crippen LogP contribution < -0.4 is 0 Å². The van der Waals surface area contributed by atoms with Crippen LogP contribution in [0.4, 0.5) is 0 Å². The zero-order valence-corrected chi connectivity index (χ0v) is 9.35. The molecule has 0 fully saturated rings. The second kappa shape index (κ2) is 11.9. The molecule has 0 amide bonds. The number of hydrogen-bond donors (Lipinski definition) is 6. The van der Waals surface area contributed by atoms with Crippen molar-refractivity contribution in [2.75, 3.05) is 23.9 Å². The molecule has 0 bridgehead atoms. The molecule has 0 aliphatic carbocycles. The Hall–Kier alpha value is 0.930. The van der Waals surface area contributed by atoms with Gasteiger partial charge in [0.05, 0.1) is 18.8 Å². The highest BCUT2D eigenvalue weighted by Crippen LogP contribution is 1.96. The molecule has 0 unspecified atom stereocenters. The van der Waals surface area contributed by atoms with Gasteiger partial charge in [-0.3, -0.25) is 0 Å². The minimum Gasteiger partial charge on any atom is -0.396 e. The van der Waals surface area contributed by atoms with Gasteiger partial charge < -0.3 is 15.3 Å². The van der Waals surface area contributed by atoms with Crippen molar-refractivity contribution in [2.45, 2.75) is 12.2 Å². The highest BCUT2D eigenvalue weighted by molar-refractivity contribution is 7.80. The van der Waals surface area contributed by atoms with Crippen molar-refractivity contribution in [3.8, 4) is 0 Å². The topological polar surface area (TPSA) is 60.7 Å². The van der Waals surface area contributed by atoms with E-state index in [1.165, 1.54) is 0 Å². The van der Waals surface area contributed by atoms with Crippen molar-refractivity contribution in [3.63, 3.8) is 0 Å². The number of aliphatic hydroxyl groups is 3. The summed E-state index contributed by atoms with van der Waals surface area (Å²) in [5, 5.41) is 25.3. The Labute approximate surface area is 89.4 Å². The second-order valence-corrected chi connectivity index (χ2v) is 3.12. The number of rotatable bonds is 4. The van der Waals surface area contributed by atoms with E-state index in [2.05, 4.69) is 37.9 Å². The smallest absolute Gasteiger partial charge is 0.0894 e. The van der Waals surface area contributed by atoms with E-state index in [1.54, 1.807) is 0 Å². The maximum Gasteiger partial charge on any atom is 0.0894 e. The molecular weight excluding hydrogens is 216 g/mol. The number of hydrogen-bond acceptors (Lipinski definition) is 6. The van der Waals surface area contributed by atoms with Crippen LogP contribution in [0.15, 0.2) is 0 Å². The van der Waals surface area contributed by atoms with Crippen LogP contribution in [0, 0.1) is 0 Å². The molecule has 0 spiro atoms. The zero-order chi connectivity index (χ0) is 9.98. The van der Waals surface area contributed by atoms with Crippen molar-refractivity contribution in [2.24, 2.45) is 0 Å². The Bertz CT molecular complexity index is 74.4. The summed E-state index contributed by atoms with van der Waals surface area (Å²) in [5.74, 6) is 1.13. The normalized spacial score (nSPS) is 14.5. The van der Waals surface area contributed by atoms with Gasteiger partial charge in [-0.05, 0) is 0 Å². The van der Waals surface area contributed by atoms with E-state index >= 15 is 0 Å². The van der Waals surface area contributed by atoms with Gasteiger partial charge in [0.25, 0.3) is 0 Å². The fourth-order valence-electron chi connectivity index (χ4n) is 0.243. The first-order chi connectivity index (χ1) is 5.63. The predicted octanol–water partition coefficient (Wildman–Crippen LogP) is -0.524. The maximum atomic E-state index is 8.75. The molecule has 2 atom stereocenters. The summed E-state index contributed by atoms with van der Waals surface area (Å²) in [5.41, 5.74) is 0. The Balaban J connectivity index is 0. The van der Waals surface area contributed by atoms with E-state index in [0.717, 1.165) is 0 Å². The quantitative estimate of drug-likeness (QED) is 0.370. The average Bonchev–Trinajstić information content (AvgIpc) is 2.15. The molecule has 3 N–H and O–H groups in total. The van der Waals surface area contributed by atoms with Gasteiger partial charge in [-0.2, -0.15) is 37.9 Å². The van der Waals surface area contributed by atoms with Crippen molar-refractivity contribution >= 4 is 37.9 Å². The van der Waals surface area contributed by atoms with Crippen LogP contribution in [0.1, 0.15) is 0 Å². The molecule has 12 heavy (non-hydrogen) atoms. The Kier molecular flexibility index (Phi) is 15.3. The van der Waals surface area contributed by atoms with E-state index in [9.17, 15) is 0 Å². The predicted molar refractivity (Wildman–Crippen MR) is 60.7 cm³/mol. The molecule has 0 aliphatic heterocycles. The Morgan fingerprint density at radius 3 is 1.25 bits per heavy atom. The molecule has 0 saturated carbocycles. The second-order valence-electron chi connectivity index (χ2n) is 1.95. The first kappa shape index (κ1) is 15.4.